The quantitative estimate of drug-likeness (QED) is 0.752. The lowest BCUT2D eigenvalue weighted by Crippen LogP contribution is -2.34. The third-order valence-electron chi connectivity index (χ3n) is 3.86. The Kier molecular flexibility index (Phi) is 4.82. The average molecular weight is 325 g/mol. The van der Waals surface area contributed by atoms with Crippen LogP contribution in [0.1, 0.15) is 33.5 Å². The molecule has 1 aromatic carbocycles. The Balaban J connectivity index is 1.83. The van der Waals surface area contributed by atoms with Gasteiger partial charge in [-0.1, -0.05) is 30.3 Å². The second-order valence-corrected chi connectivity index (χ2v) is 5.59. The maximum absolute atomic E-state index is 12.9. The third-order valence-corrected chi connectivity index (χ3v) is 3.86. The summed E-state index contributed by atoms with van der Waals surface area (Å²) in [7, 11) is 0. The minimum absolute atomic E-state index is 0.131. The Morgan fingerprint density at radius 1 is 1.08 bits per heavy atom. The molecule has 3 aromatic rings. The second-order valence-electron chi connectivity index (χ2n) is 5.59. The van der Waals surface area contributed by atoms with E-state index in [4.69, 9.17) is 8.83 Å². The fourth-order valence-corrected chi connectivity index (χ4v) is 2.58. The molecule has 0 aliphatic carbocycles. The van der Waals surface area contributed by atoms with Gasteiger partial charge >= 0.3 is 0 Å². The number of carbonyl (C=O) groups excluding carboxylic acids is 1. The van der Waals surface area contributed by atoms with E-state index >= 15 is 0 Å². The van der Waals surface area contributed by atoms with E-state index < -0.39 is 6.10 Å². The first-order valence-electron chi connectivity index (χ1n) is 7.74. The maximum Gasteiger partial charge on any atom is 0.257 e. The van der Waals surface area contributed by atoms with E-state index in [1.807, 2.05) is 30.3 Å². The van der Waals surface area contributed by atoms with Gasteiger partial charge in [-0.2, -0.15) is 0 Å². The van der Waals surface area contributed by atoms with Gasteiger partial charge < -0.3 is 18.8 Å². The van der Waals surface area contributed by atoms with Crippen LogP contribution in [-0.2, 0) is 6.54 Å². The number of hydrogen-bond acceptors (Lipinski definition) is 4. The zero-order chi connectivity index (χ0) is 16.9. The minimum Gasteiger partial charge on any atom is -0.469 e. The van der Waals surface area contributed by atoms with Crippen molar-refractivity contribution in [1.82, 2.24) is 4.90 Å². The fourth-order valence-electron chi connectivity index (χ4n) is 2.58. The van der Waals surface area contributed by atoms with Crippen LogP contribution in [0.15, 0.2) is 69.9 Å². The Labute approximate surface area is 140 Å². The van der Waals surface area contributed by atoms with Gasteiger partial charge in [0.1, 0.15) is 17.6 Å². The number of benzene rings is 1. The average Bonchev–Trinajstić information content (AvgIpc) is 3.26. The van der Waals surface area contributed by atoms with E-state index in [1.165, 1.54) is 12.5 Å². The van der Waals surface area contributed by atoms with Crippen molar-refractivity contribution in [3.8, 4) is 0 Å². The number of nitrogens with zero attached hydrogens (tertiary/aromatic N) is 1. The van der Waals surface area contributed by atoms with Gasteiger partial charge in [-0.25, -0.2) is 0 Å². The van der Waals surface area contributed by atoms with Gasteiger partial charge in [0, 0.05) is 6.54 Å². The van der Waals surface area contributed by atoms with E-state index in [9.17, 15) is 9.90 Å². The van der Waals surface area contributed by atoms with Gasteiger partial charge in [0.15, 0.2) is 0 Å². The molecule has 24 heavy (non-hydrogen) atoms. The molecule has 2 heterocycles. The first kappa shape index (κ1) is 16.1. The normalized spacial score (nSPS) is 12.1. The summed E-state index contributed by atoms with van der Waals surface area (Å²) in [4.78, 5) is 14.5. The number of aliphatic hydroxyl groups excluding tert-OH is 1. The minimum atomic E-state index is -0.889. The van der Waals surface area contributed by atoms with Gasteiger partial charge in [0.05, 0.1) is 24.6 Å². The van der Waals surface area contributed by atoms with E-state index in [0.717, 1.165) is 5.56 Å². The van der Waals surface area contributed by atoms with Crippen molar-refractivity contribution in [2.45, 2.75) is 19.6 Å². The molecule has 1 atom stereocenters. The number of aliphatic hydroxyl groups is 1. The molecular weight excluding hydrogens is 306 g/mol. The Morgan fingerprint density at radius 3 is 2.50 bits per heavy atom. The van der Waals surface area contributed by atoms with Crippen molar-refractivity contribution < 1.29 is 18.7 Å². The van der Waals surface area contributed by atoms with Gasteiger partial charge in [0.2, 0.25) is 0 Å². The molecule has 2 aromatic heterocycles. The monoisotopic (exact) mass is 325 g/mol. The molecule has 5 heteroatoms. The summed E-state index contributed by atoms with van der Waals surface area (Å²) < 4.78 is 10.5. The van der Waals surface area contributed by atoms with Crippen LogP contribution in [0, 0.1) is 6.92 Å². The molecule has 0 spiro atoms. The van der Waals surface area contributed by atoms with Crippen LogP contribution < -0.4 is 0 Å². The molecule has 0 unspecified atom stereocenters. The molecule has 0 radical (unpaired) electrons. The van der Waals surface area contributed by atoms with E-state index in [2.05, 4.69) is 0 Å². The number of amides is 1. The van der Waals surface area contributed by atoms with Crippen LogP contribution in [0.2, 0.25) is 0 Å². The summed E-state index contributed by atoms with van der Waals surface area (Å²) in [5, 5.41) is 10.4. The predicted molar refractivity (Wildman–Crippen MR) is 88.3 cm³/mol. The lowest BCUT2D eigenvalue weighted by atomic mass is 10.1. The summed E-state index contributed by atoms with van der Waals surface area (Å²) in [6, 6.07) is 14.7. The molecule has 0 fully saturated rings. The van der Waals surface area contributed by atoms with Crippen molar-refractivity contribution in [2.75, 3.05) is 6.54 Å². The topological polar surface area (TPSA) is 66.8 Å². The van der Waals surface area contributed by atoms with Crippen LogP contribution in [0.5, 0.6) is 0 Å². The molecule has 3 rings (SSSR count). The number of carbonyl (C=O) groups is 1. The van der Waals surface area contributed by atoms with E-state index in [-0.39, 0.29) is 12.5 Å². The summed E-state index contributed by atoms with van der Waals surface area (Å²) in [6.45, 7) is 2.27. The summed E-state index contributed by atoms with van der Waals surface area (Å²) in [5.41, 5.74) is 1.48. The molecule has 5 nitrogen and oxygen atoms in total. The highest BCUT2D eigenvalue weighted by atomic mass is 16.4. The number of hydrogen-bond donors (Lipinski definition) is 1. The van der Waals surface area contributed by atoms with Crippen molar-refractivity contribution in [1.29, 1.82) is 0 Å². The van der Waals surface area contributed by atoms with Crippen LogP contribution in [-0.4, -0.2) is 22.5 Å². The highest BCUT2D eigenvalue weighted by Gasteiger charge is 2.23. The lowest BCUT2D eigenvalue weighted by molar-refractivity contribution is 0.0561. The predicted octanol–water partition coefficient (Wildman–Crippen LogP) is 3.56. The van der Waals surface area contributed by atoms with Gasteiger partial charge in [-0.3, -0.25) is 4.79 Å². The molecule has 1 amide bonds. The summed E-state index contributed by atoms with van der Waals surface area (Å²) in [5.74, 6) is 0.811. The van der Waals surface area contributed by atoms with Crippen molar-refractivity contribution in [3.05, 3.63) is 83.7 Å². The van der Waals surface area contributed by atoms with Crippen molar-refractivity contribution in [3.63, 3.8) is 0 Å². The Bertz CT molecular complexity index is 777. The maximum atomic E-state index is 12.9. The molecule has 124 valence electrons. The van der Waals surface area contributed by atoms with Crippen LogP contribution in [0.3, 0.4) is 0 Å². The zero-order valence-corrected chi connectivity index (χ0v) is 13.4. The van der Waals surface area contributed by atoms with Gasteiger partial charge in [-0.05, 0) is 30.7 Å². The molecule has 0 saturated carbocycles. The first-order chi connectivity index (χ1) is 11.6. The summed E-state index contributed by atoms with van der Waals surface area (Å²) in [6.07, 6.45) is 2.11. The van der Waals surface area contributed by atoms with Crippen molar-refractivity contribution >= 4 is 5.91 Å². The number of aryl methyl sites for hydroxylation is 1. The molecule has 1 N–H and O–H groups in total. The van der Waals surface area contributed by atoms with Crippen LogP contribution >= 0.6 is 0 Å². The largest absolute Gasteiger partial charge is 0.469 e. The van der Waals surface area contributed by atoms with Gasteiger partial charge in [-0.15, -0.1) is 0 Å². The standard InChI is InChI=1S/C19H19NO4/c1-14-16(9-11-23-14)19(22)20(12-15-6-3-2-4-7-15)13-17(21)18-8-5-10-24-18/h2-11,17,21H,12-13H2,1H3/t17-/m1/s1. The summed E-state index contributed by atoms with van der Waals surface area (Å²) >= 11 is 0. The van der Waals surface area contributed by atoms with Crippen LogP contribution in [0.4, 0.5) is 0 Å². The van der Waals surface area contributed by atoms with E-state index in [0.29, 0.717) is 23.6 Å². The molecule has 0 saturated heterocycles. The van der Waals surface area contributed by atoms with E-state index in [1.54, 1.807) is 30.0 Å². The second kappa shape index (κ2) is 7.19. The molecule has 0 bridgehead atoms. The zero-order valence-electron chi connectivity index (χ0n) is 13.4. The molecule has 0 aliphatic heterocycles. The van der Waals surface area contributed by atoms with Crippen molar-refractivity contribution in [2.24, 2.45) is 0 Å². The fraction of sp³-hybridized carbons (Fsp3) is 0.211. The first-order valence-corrected chi connectivity index (χ1v) is 7.74. The lowest BCUT2D eigenvalue weighted by Gasteiger charge is -2.24. The highest BCUT2D eigenvalue weighted by Crippen LogP contribution is 2.20. The smallest absolute Gasteiger partial charge is 0.257 e. The number of rotatable bonds is 6. The highest BCUT2D eigenvalue weighted by molar-refractivity contribution is 5.95. The SMILES string of the molecule is Cc1occc1C(=O)N(Cc1ccccc1)C[C@@H](O)c1ccco1. The number of furan rings is 2. The van der Waals surface area contributed by atoms with Gasteiger partial charge in [0.25, 0.3) is 5.91 Å². The van der Waals surface area contributed by atoms with Crippen LogP contribution in [0.25, 0.3) is 0 Å². The molecule has 0 aliphatic rings. The Hall–Kier alpha value is -2.79. The third kappa shape index (κ3) is 3.58. The Morgan fingerprint density at radius 2 is 1.88 bits per heavy atom. The molecular formula is C19H19NO4.